The van der Waals surface area contributed by atoms with E-state index in [-0.39, 0.29) is 0 Å². The summed E-state index contributed by atoms with van der Waals surface area (Å²) in [5, 5.41) is 4.11. The number of hydrogen-bond acceptors (Lipinski definition) is 5. The molecule has 0 aliphatic carbocycles. The fourth-order valence-corrected chi connectivity index (χ4v) is 3.22. The van der Waals surface area contributed by atoms with Crippen molar-refractivity contribution in [2.75, 3.05) is 6.54 Å². The van der Waals surface area contributed by atoms with Crippen LogP contribution in [0.5, 0.6) is 0 Å². The fourth-order valence-electron chi connectivity index (χ4n) is 2.09. The van der Waals surface area contributed by atoms with E-state index in [1.54, 1.807) is 17.6 Å². The molecule has 110 valence electrons. The first kappa shape index (κ1) is 14.4. The van der Waals surface area contributed by atoms with Crippen LogP contribution in [0.3, 0.4) is 0 Å². The molecule has 4 nitrogen and oxygen atoms in total. The summed E-state index contributed by atoms with van der Waals surface area (Å²) in [6.45, 7) is 4.65. The second kappa shape index (κ2) is 6.47. The first-order valence-electron chi connectivity index (χ1n) is 6.70. The summed E-state index contributed by atoms with van der Waals surface area (Å²) in [6.07, 6.45) is 1.62. The molecule has 0 bridgehead atoms. The molecule has 6 heteroatoms. The molecule has 0 spiro atoms. The monoisotopic (exact) mass is 322 g/mol. The lowest BCUT2D eigenvalue weighted by Crippen LogP contribution is -2.21. The molecule has 0 aliphatic rings. The largest absolute Gasteiger partial charge is 0.461 e. The Bertz CT molecular complexity index is 690. The zero-order valence-electron chi connectivity index (χ0n) is 11.6. The second-order valence-electron chi connectivity index (χ2n) is 4.67. The lowest BCUT2D eigenvalue weighted by atomic mass is 10.3. The number of halogens is 1. The van der Waals surface area contributed by atoms with Crippen molar-refractivity contribution in [3.8, 4) is 11.5 Å². The predicted octanol–water partition coefficient (Wildman–Crippen LogP) is 4.67. The molecular weight excluding hydrogens is 308 g/mol. The molecule has 0 radical (unpaired) electrons. The molecule has 0 unspecified atom stereocenters. The minimum Gasteiger partial charge on any atom is -0.461 e. The van der Waals surface area contributed by atoms with Crippen molar-refractivity contribution in [1.82, 2.24) is 10.1 Å². The smallest absolute Gasteiger partial charge is 0.202 e. The fraction of sp³-hybridized carbons (Fsp3) is 0.267. The van der Waals surface area contributed by atoms with Crippen molar-refractivity contribution in [1.29, 1.82) is 0 Å². The van der Waals surface area contributed by atoms with E-state index in [0.29, 0.717) is 11.5 Å². The van der Waals surface area contributed by atoms with Gasteiger partial charge in [-0.2, -0.15) is 0 Å². The Labute approximate surface area is 131 Å². The molecule has 3 rings (SSSR count). The van der Waals surface area contributed by atoms with Crippen LogP contribution >= 0.6 is 22.9 Å². The van der Waals surface area contributed by atoms with Gasteiger partial charge >= 0.3 is 0 Å². The Hall–Kier alpha value is -1.56. The van der Waals surface area contributed by atoms with Gasteiger partial charge in [0.15, 0.2) is 5.76 Å². The van der Waals surface area contributed by atoms with Crippen molar-refractivity contribution in [2.45, 2.75) is 20.0 Å². The van der Waals surface area contributed by atoms with Crippen LogP contribution in [0, 0.1) is 0 Å². The predicted molar refractivity (Wildman–Crippen MR) is 83.3 cm³/mol. The van der Waals surface area contributed by atoms with Gasteiger partial charge in [-0.3, -0.25) is 4.90 Å². The standard InChI is InChI=1S/C15H15ClN2O2S/c1-2-18(10-12-5-6-15(16)21-12)9-11-8-14(20-17-11)13-4-3-7-19-13/h3-8H,2,9-10H2,1H3. The van der Waals surface area contributed by atoms with Crippen LogP contribution < -0.4 is 0 Å². The minimum absolute atomic E-state index is 0.658. The van der Waals surface area contributed by atoms with Gasteiger partial charge in [-0.15, -0.1) is 11.3 Å². The molecule has 0 aliphatic heterocycles. The van der Waals surface area contributed by atoms with Gasteiger partial charge < -0.3 is 8.94 Å². The lowest BCUT2D eigenvalue weighted by Gasteiger charge is -2.17. The summed E-state index contributed by atoms with van der Waals surface area (Å²) in [6, 6.07) is 9.60. The van der Waals surface area contributed by atoms with Crippen LogP contribution in [0.25, 0.3) is 11.5 Å². The van der Waals surface area contributed by atoms with Crippen LogP contribution in [-0.4, -0.2) is 16.6 Å². The highest BCUT2D eigenvalue weighted by atomic mass is 35.5. The van der Waals surface area contributed by atoms with E-state index in [2.05, 4.69) is 23.0 Å². The SMILES string of the molecule is CCN(Cc1cc(-c2ccco2)on1)Cc1ccc(Cl)s1. The van der Waals surface area contributed by atoms with Gasteiger partial charge in [-0.25, -0.2) is 0 Å². The van der Waals surface area contributed by atoms with Crippen molar-refractivity contribution >= 4 is 22.9 Å². The molecule has 0 N–H and O–H groups in total. The Balaban J connectivity index is 1.66. The molecule has 3 aromatic heterocycles. The number of thiophene rings is 1. The molecule has 3 aromatic rings. The zero-order valence-corrected chi connectivity index (χ0v) is 13.2. The van der Waals surface area contributed by atoms with Crippen LogP contribution in [0.2, 0.25) is 4.34 Å². The summed E-state index contributed by atoms with van der Waals surface area (Å²) in [7, 11) is 0. The first-order valence-corrected chi connectivity index (χ1v) is 7.90. The Morgan fingerprint density at radius 3 is 2.81 bits per heavy atom. The number of hydrogen-bond donors (Lipinski definition) is 0. The molecule has 21 heavy (non-hydrogen) atoms. The van der Waals surface area contributed by atoms with E-state index in [4.69, 9.17) is 20.5 Å². The Morgan fingerprint density at radius 2 is 2.14 bits per heavy atom. The average Bonchev–Trinajstić information content (AvgIpc) is 3.19. The highest BCUT2D eigenvalue weighted by Crippen LogP contribution is 2.24. The second-order valence-corrected chi connectivity index (χ2v) is 6.47. The minimum atomic E-state index is 0.658. The van der Waals surface area contributed by atoms with Crippen molar-refractivity contribution in [3.05, 3.63) is 51.5 Å². The van der Waals surface area contributed by atoms with Crippen LogP contribution in [-0.2, 0) is 13.1 Å². The summed E-state index contributed by atoms with van der Waals surface area (Å²) in [5.41, 5.74) is 0.894. The molecule has 0 amide bonds. The number of furan rings is 1. The van der Waals surface area contributed by atoms with E-state index in [1.807, 2.05) is 24.3 Å². The third kappa shape index (κ3) is 3.56. The highest BCUT2D eigenvalue weighted by molar-refractivity contribution is 7.16. The van der Waals surface area contributed by atoms with Crippen LogP contribution in [0.15, 0.2) is 45.5 Å². The molecule has 3 heterocycles. The van der Waals surface area contributed by atoms with Gasteiger partial charge in [-0.1, -0.05) is 23.7 Å². The Kier molecular flexibility index (Phi) is 4.43. The molecular formula is C15H15ClN2O2S. The number of rotatable bonds is 6. The molecule has 0 saturated heterocycles. The van der Waals surface area contributed by atoms with Gasteiger partial charge in [0, 0.05) is 24.0 Å². The van der Waals surface area contributed by atoms with Gasteiger partial charge in [0.1, 0.15) is 0 Å². The van der Waals surface area contributed by atoms with Crippen molar-refractivity contribution in [3.63, 3.8) is 0 Å². The molecule has 0 aromatic carbocycles. The van der Waals surface area contributed by atoms with Crippen molar-refractivity contribution in [2.24, 2.45) is 0 Å². The molecule has 0 saturated carbocycles. The first-order chi connectivity index (χ1) is 10.2. The summed E-state index contributed by atoms with van der Waals surface area (Å²) >= 11 is 7.58. The zero-order chi connectivity index (χ0) is 14.7. The van der Waals surface area contributed by atoms with Crippen molar-refractivity contribution < 1.29 is 8.94 Å². The van der Waals surface area contributed by atoms with E-state index in [1.165, 1.54) is 4.88 Å². The van der Waals surface area contributed by atoms with E-state index in [9.17, 15) is 0 Å². The lowest BCUT2D eigenvalue weighted by molar-refractivity contribution is 0.264. The highest BCUT2D eigenvalue weighted by Gasteiger charge is 2.12. The van der Waals surface area contributed by atoms with Gasteiger partial charge in [0.2, 0.25) is 5.76 Å². The van der Waals surface area contributed by atoms with E-state index in [0.717, 1.165) is 29.7 Å². The normalized spacial score (nSPS) is 11.4. The topological polar surface area (TPSA) is 42.4 Å². The maximum Gasteiger partial charge on any atom is 0.202 e. The van der Waals surface area contributed by atoms with Gasteiger partial charge in [0.25, 0.3) is 0 Å². The maximum absolute atomic E-state index is 5.97. The van der Waals surface area contributed by atoms with Gasteiger partial charge in [-0.05, 0) is 30.8 Å². The van der Waals surface area contributed by atoms with Crippen LogP contribution in [0.4, 0.5) is 0 Å². The summed E-state index contributed by atoms with van der Waals surface area (Å²) in [4.78, 5) is 3.53. The average molecular weight is 323 g/mol. The number of nitrogens with zero attached hydrogens (tertiary/aromatic N) is 2. The summed E-state index contributed by atoms with van der Waals surface area (Å²) in [5.74, 6) is 1.35. The van der Waals surface area contributed by atoms with Gasteiger partial charge in [0.05, 0.1) is 16.3 Å². The third-order valence-corrected chi connectivity index (χ3v) is 4.38. The molecule has 0 atom stereocenters. The van der Waals surface area contributed by atoms with E-state index >= 15 is 0 Å². The quantitative estimate of drug-likeness (QED) is 0.661. The summed E-state index contributed by atoms with van der Waals surface area (Å²) < 4.78 is 11.4. The van der Waals surface area contributed by atoms with Crippen LogP contribution in [0.1, 0.15) is 17.5 Å². The number of aromatic nitrogens is 1. The van der Waals surface area contributed by atoms with E-state index < -0.39 is 0 Å². The molecule has 0 fully saturated rings. The Morgan fingerprint density at radius 1 is 1.24 bits per heavy atom. The maximum atomic E-state index is 5.97. The third-order valence-electron chi connectivity index (χ3n) is 3.16.